The number of rotatable bonds is 5. The Labute approximate surface area is 163 Å². The highest BCUT2D eigenvalue weighted by molar-refractivity contribution is 6.09. The number of likely N-dealkylation sites (N-methyl/N-ethyl adjacent to an activating group) is 1. The second-order valence-electron chi connectivity index (χ2n) is 6.88. The number of amides is 3. The molecule has 0 aliphatic carbocycles. The van der Waals surface area contributed by atoms with Crippen LogP contribution in [0.2, 0.25) is 0 Å². The Balaban J connectivity index is 1.69. The van der Waals surface area contributed by atoms with Crippen molar-refractivity contribution >= 4 is 23.6 Å². The summed E-state index contributed by atoms with van der Waals surface area (Å²) in [6.45, 7) is 2.47. The molecule has 2 atom stereocenters. The van der Waals surface area contributed by atoms with Crippen LogP contribution in [0.3, 0.4) is 0 Å². The lowest BCUT2D eigenvalue weighted by atomic mass is 10.1. The molecule has 3 aliphatic rings. The average molecular weight is 385 g/mol. The van der Waals surface area contributed by atoms with Gasteiger partial charge in [0.15, 0.2) is 12.2 Å². The number of guanidine groups is 1. The maximum Gasteiger partial charge on any atom is 0.328 e. The van der Waals surface area contributed by atoms with Crippen molar-refractivity contribution in [1.29, 1.82) is 0 Å². The number of hydrogen-bond acceptors (Lipinski definition) is 7. The number of benzene rings is 1. The van der Waals surface area contributed by atoms with Gasteiger partial charge in [0.05, 0.1) is 25.9 Å². The third-order valence-corrected chi connectivity index (χ3v) is 5.22. The molecule has 1 saturated heterocycles. The number of imide groups is 1. The molecule has 28 heavy (non-hydrogen) atoms. The molecule has 0 aromatic heterocycles. The van der Waals surface area contributed by atoms with Crippen LogP contribution in [-0.2, 0) is 9.53 Å². The van der Waals surface area contributed by atoms with Crippen LogP contribution in [0, 0.1) is 0 Å². The molecule has 3 amide bonds. The largest absolute Gasteiger partial charge is 0.497 e. The van der Waals surface area contributed by atoms with Gasteiger partial charge in [0.25, 0.3) is 5.91 Å². The second kappa shape index (κ2) is 6.83. The van der Waals surface area contributed by atoms with Crippen LogP contribution in [0.25, 0.3) is 0 Å². The molecule has 2 unspecified atom stereocenters. The minimum atomic E-state index is -0.583. The predicted molar refractivity (Wildman–Crippen MR) is 103 cm³/mol. The Morgan fingerprint density at radius 3 is 2.71 bits per heavy atom. The number of carbonyl (C=O) groups is 2. The van der Waals surface area contributed by atoms with Gasteiger partial charge >= 0.3 is 6.03 Å². The van der Waals surface area contributed by atoms with Gasteiger partial charge < -0.3 is 19.3 Å². The second-order valence-corrected chi connectivity index (χ2v) is 6.88. The van der Waals surface area contributed by atoms with E-state index in [1.807, 2.05) is 47.2 Å². The number of hydrogen-bond donors (Lipinski definition) is 0. The third-order valence-electron chi connectivity index (χ3n) is 5.22. The average Bonchev–Trinajstić information content (AvgIpc) is 3.20. The number of fused-ring (bicyclic) bond motifs is 3. The minimum absolute atomic E-state index is 0.215. The molecule has 0 radical (unpaired) electrons. The first kappa shape index (κ1) is 18.3. The van der Waals surface area contributed by atoms with Gasteiger partial charge in [0.1, 0.15) is 5.75 Å². The maximum absolute atomic E-state index is 13.1. The highest BCUT2D eigenvalue weighted by Crippen LogP contribution is 2.37. The zero-order valence-corrected chi connectivity index (χ0v) is 16.3. The van der Waals surface area contributed by atoms with Crippen molar-refractivity contribution in [2.24, 2.45) is 4.99 Å². The summed E-state index contributed by atoms with van der Waals surface area (Å²) in [7, 11) is 4.83. The Bertz CT molecular complexity index is 883. The summed E-state index contributed by atoms with van der Waals surface area (Å²) in [4.78, 5) is 37.0. The Hall–Kier alpha value is -3.07. The Morgan fingerprint density at radius 1 is 1.21 bits per heavy atom. The van der Waals surface area contributed by atoms with Gasteiger partial charge in [-0.25, -0.2) is 9.79 Å². The molecule has 9 nitrogen and oxygen atoms in total. The first-order valence-electron chi connectivity index (χ1n) is 9.03. The molecule has 4 rings (SSSR count). The van der Waals surface area contributed by atoms with Crippen LogP contribution in [0.5, 0.6) is 5.75 Å². The summed E-state index contributed by atoms with van der Waals surface area (Å²) in [5, 5.41) is 0. The molecule has 0 saturated carbocycles. The fraction of sp³-hybridized carbons (Fsp3) is 0.421. The standard InChI is InChI=1S/C19H23N5O4/c1-12-11-23-15-16(21(2)19(26)22(17(15)25)8-9-27-3)20-18(23)24(12)13-6-5-7-14(10-13)28-4/h5-7,10-11,15-16H,8-9H2,1-4H3. The van der Waals surface area contributed by atoms with Crippen molar-refractivity contribution in [2.45, 2.75) is 19.1 Å². The quantitative estimate of drug-likeness (QED) is 0.760. The number of methoxy groups -OCH3 is 2. The molecule has 3 heterocycles. The molecule has 0 bridgehead atoms. The van der Waals surface area contributed by atoms with Crippen molar-refractivity contribution in [1.82, 2.24) is 14.7 Å². The topological polar surface area (TPSA) is 77.9 Å². The minimum Gasteiger partial charge on any atom is -0.497 e. The van der Waals surface area contributed by atoms with Crippen molar-refractivity contribution < 1.29 is 19.1 Å². The molecular formula is C19H23N5O4. The van der Waals surface area contributed by atoms with E-state index >= 15 is 0 Å². The summed E-state index contributed by atoms with van der Waals surface area (Å²) in [5.74, 6) is 1.09. The van der Waals surface area contributed by atoms with E-state index in [-0.39, 0.29) is 18.5 Å². The SMILES string of the molecule is COCCN1C(=O)C2C(N=C3N(c4cccc(OC)c4)C(C)=CN32)N(C)C1=O. The lowest BCUT2D eigenvalue weighted by Crippen LogP contribution is -2.64. The lowest BCUT2D eigenvalue weighted by Gasteiger charge is -2.40. The van der Waals surface area contributed by atoms with Crippen LogP contribution in [0.1, 0.15) is 6.92 Å². The Kier molecular flexibility index (Phi) is 4.46. The zero-order valence-electron chi connectivity index (χ0n) is 16.3. The van der Waals surface area contributed by atoms with E-state index in [1.54, 1.807) is 21.3 Å². The van der Waals surface area contributed by atoms with Crippen molar-refractivity contribution in [3.05, 3.63) is 36.2 Å². The van der Waals surface area contributed by atoms with Gasteiger partial charge in [-0.15, -0.1) is 0 Å². The first-order valence-corrected chi connectivity index (χ1v) is 9.03. The van der Waals surface area contributed by atoms with Crippen LogP contribution in [0.4, 0.5) is 10.5 Å². The summed E-state index contributed by atoms with van der Waals surface area (Å²) in [5.41, 5.74) is 1.81. The third kappa shape index (κ3) is 2.62. The fourth-order valence-electron chi connectivity index (χ4n) is 3.81. The zero-order chi connectivity index (χ0) is 20.0. The highest BCUT2D eigenvalue weighted by atomic mass is 16.5. The van der Waals surface area contributed by atoms with Crippen LogP contribution in [-0.4, -0.2) is 79.2 Å². The highest BCUT2D eigenvalue weighted by Gasteiger charge is 2.54. The van der Waals surface area contributed by atoms with Crippen LogP contribution in [0.15, 0.2) is 41.2 Å². The molecule has 1 aromatic carbocycles. The smallest absolute Gasteiger partial charge is 0.328 e. The van der Waals surface area contributed by atoms with Gasteiger partial charge in [0.2, 0.25) is 5.96 Å². The van der Waals surface area contributed by atoms with Crippen LogP contribution >= 0.6 is 0 Å². The van der Waals surface area contributed by atoms with Crippen LogP contribution < -0.4 is 9.64 Å². The summed E-state index contributed by atoms with van der Waals surface area (Å²) < 4.78 is 10.4. The van der Waals surface area contributed by atoms with Gasteiger partial charge in [0, 0.05) is 32.1 Å². The molecule has 3 aliphatic heterocycles. The van der Waals surface area contributed by atoms with Crippen molar-refractivity contribution in [3.63, 3.8) is 0 Å². The van der Waals surface area contributed by atoms with Crippen molar-refractivity contribution in [2.75, 3.05) is 39.3 Å². The van der Waals surface area contributed by atoms with E-state index in [9.17, 15) is 9.59 Å². The lowest BCUT2D eigenvalue weighted by molar-refractivity contribution is -0.137. The molecule has 148 valence electrons. The van der Waals surface area contributed by atoms with E-state index in [0.717, 1.165) is 17.1 Å². The van der Waals surface area contributed by atoms with E-state index in [1.165, 1.54) is 9.80 Å². The normalized spacial score (nSPS) is 23.7. The van der Waals surface area contributed by atoms with E-state index in [2.05, 4.69) is 0 Å². The van der Waals surface area contributed by atoms with Gasteiger partial charge in [-0.1, -0.05) is 6.07 Å². The molecule has 9 heteroatoms. The number of carbonyl (C=O) groups excluding carboxylic acids is 2. The number of anilines is 1. The van der Waals surface area contributed by atoms with E-state index in [0.29, 0.717) is 12.6 Å². The number of aliphatic imine (C=N–C) groups is 1. The summed E-state index contributed by atoms with van der Waals surface area (Å²) in [6, 6.07) is 6.70. The number of ether oxygens (including phenoxy) is 2. The van der Waals surface area contributed by atoms with Gasteiger partial charge in [-0.2, -0.15) is 0 Å². The number of nitrogens with zero attached hydrogens (tertiary/aromatic N) is 5. The summed E-state index contributed by atoms with van der Waals surface area (Å²) in [6.07, 6.45) is 1.34. The predicted octanol–water partition coefficient (Wildman–Crippen LogP) is 1.28. The monoisotopic (exact) mass is 385 g/mol. The van der Waals surface area contributed by atoms with Gasteiger partial charge in [-0.05, 0) is 19.1 Å². The number of urea groups is 1. The Morgan fingerprint density at radius 2 is 2.00 bits per heavy atom. The first-order chi connectivity index (χ1) is 13.5. The number of allylic oxidation sites excluding steroid dienone is 1. The molecule has 1 fully saturated rings. The maximum atomic E-state index is 13.1. The van der Waals surface area contributed by atoms with Crippen molar-refractivity contribution in [3.8, 4) is 5.75 Å². The van der Waals surface area contributed by atoms with E-state index < -0.39 is 12.2 Å². The fourth-order valence-corrected chi connectivity index (χ4v) is 3.81. The molecule has 1 aromatic rings. The molecule has 0 N–H and O–H groups in total. The molecular weight excluding hydrogens is 362 g/mol. The molecule has 0 spiro atoms. The van der Waals surface area contributed by atoms with Gasteiger partial charge in [-0.3, -0.25) is 14.6 Å². The van der Waals surface area contributed by atoms with E-state index in [4.69, 9.17) is 14.5 Å². The summed E-state index contributed by atoms with van der Waals surface area (Å²) >= 11 is 0.